The number of methoxy groups -OCH3 is 1. The van der Waals surface area contributed by atoms with E-state index in [0.29, 0.717) is 11.3 Å². The zero-order valence-corrected chi connectivity index (χ0v) is 14.3. The summed E-state index contributed by atoms with van der Waals surface area (Å²) in [6.07, 6.45) is 1.76. The smallest absolute Gasteiger partial charge is 0.275 e. The number of fused-ring (bicyclic) bond motifs is 1. The van der Waals surface area contributed by atoms with Crippen LogP contribution < -0.4 is 5.56 Å². The number of pyridine rings is 1. The van der Waals surface area contributed by atoms with Crippen LogP contribution in [0.15, 0.2) is 28.1 Å². The fourth-order valence-electron chi connectivity index (χ4n) is 1.71. The van der Waals surface area contributed by atoms with Crippen molar-refractivity contribution in [3.63, 3.8) is 0 Å². The van der Waals surface area contributed by atoms with E-state index in [9.17, 15) is 4.79 Å². The molecule has 0 atom stereocenters. The van der Waals surface area contributed by atoms with E-state index in [1.165, 1.54) is 9.12 Å². The van der Waals surface area contributed by atoms with E-state index in [1.54, 1.807) is 24.9 Å². The van der Waals surface area contributed by atoms with Crippen LogP contribution in [-0.4, -0.2) is 15.6 Å². The molecule has 0 fully saturated rings. The monoisotopic (exact) mass is 440 g/mol. The van der Waals surface area contributed by atoms with Gasteiger partial charge >= 0.3 is 0 Å². The SMILES string of the molecule is C=C(OC)c1cc2c(Br)cn(C)c(=O)c2n1SI. The average molecular weight is 441 g/mol. The fourth-order valence-corrected chi connectivity index (χ4v) is 4.02. The minimum Gasteiger partial charge on any atom is -0.495 e. The first-order chi connectivity index (χ1) is 8.51. The summed E-state index contributed by atoms with van der Waals surface area (Å²) >= 11 is 5.61. The van der Waals surface area contributed by atoms with E-state index in [1.807, 2.05) is 10.0 Å². The summed E-state index contributed by atoms with van der Waals surface area (Å²) in [7, 11) is 4.71. The second kappa shape index (κ2) is 5.30. The normalized spacial score (nSPS) is 10.9. The maximum Gasteiger partial charge on any atom is 0.275 e. The molecule has 0 N–H and O–H groups in total. The maximum absolute atomic E-state index is 12.2. The highest BCUT2D eigenvalue weighted by Crippen LogP contribution is 2.33. The molecule has 0 unspecified atom stereocenters. The van der Waals surface area contributed by atoms with Gasteiger partial charge in [0.15, 0.2) is 0 Å². The van der Waals surface area contributed by atoms with Gasteiger partial charge in [-0.2, -0.15) is 0 Å². The Balaban J connectivity index is 2.94. The van der Waals surface area contributed by atoms with Gasteiger partial charge < -0.3 is 9.30 Å². The Morgan fingerprint density at radius 2 is 2.28 bits per heavy atom. The largest absolute Gasteiger partial charge is 0.495 e. The third kappa shape index (κ3) is 2.12. The quantitative estimate of drug-likeness (QED) is 0.540. The van der Waals surface area contributed by atoms with Gasteiger partial charge in [0, 0.05) is 53.4 Å². The standard InChI is InChI=1S/C11H10BrIN2O2S/c1-6(17-3)9-4-7-8(12)5-14(2)11(16)10(7)15(9)18-13/h4-5H,1H2,2-3H3. The van der Waals surface area contributed by atoms with Crippen molar-refractivity contribution < 1.29 is 4.74 Å². The molecular formula is C11H10BrIN2O2S. The molecule has 0 spiro atoms. The summed E-state index contributed by atoms with van der Waals surface area (Å²) in [5.74, 6) is 0.532. The summed E-state index contributed by atoms with van der Waals surface area (Å²) in [5.41, 5.74) is 1.36. The van der Waals surface area contributed by atoms with Crippen LogP contribution in [0.3, 0.4) is 0 Å². The predicted molar refractivity (Wildman–Crippen MR) is 87.9 cm³/mol. The lowest BCUT2D eigenvalue weighted by Gasteiger charge is -2.07. The minimum atomic E-state index is -0.0486. The topological polar surface area (TPSA) is 36.2 Å². The molecule has 2 aromatic heterocycles. The van der Waals surface area contributed by atoms with Crippen LogP contribution in [0, 0.1) is 0 Å². The van der Waals surface area contributed by atoms with Gasteiger partial charge in [0.1, 0.15) is 11.3 Å². The molecule has 2 aromatic rings. The molecule has 0 radical (unpaired) electrons. The van der Waals surface area contributed by atoms with E-state index in [-0.39, 0.29) is 5.56 Å². The van der Waals surface area contributed by atoms with Gasteiger partial charge in [-0.15, -0.1) is 0 Å². The number of aromatic nitrogens is 2. The minimum absolute atomic E-state index is 0.0486. The molecule has 0 amide bonds. The van der Waals surface area contributed by atoms with Crippen molar-refractivity contribution >= 4 is 62.9 Å². The summed E-state index contributed by atoms with van der Waals surface area (Å²) in [6.45, 7) is 3.85. The molecule has 7 heteroatoms. The molecule has 0 saturated carbocycles. The van der Waals surface area contributed by atoms with Crippen LogP contribution in [0.4, 0.5) is 0 Å². The van der Waals surface area contributed by atoms with Crippen LogP contribution in [0.25, 0.3) is 16.7 Å². The predicted octanol–water partition coefficient (Wildman–Crippen LogP) is 3.57. The molecule has 4 nitrogen and oxygen atoms in total. The van der Waals surface area contributed by atoms with Crippen LogP contribution in [0.5, 0.6) is 0 Å². The average Bonchev–Trinajstić information content (AvgIpc) is 2.75. The number of ether oxygens (including phenoxy) is 1. The Labute approximate surface area is 129 Å². The lowest BCUT2D eigenvalue weighted by atomic mass is 10.3. The van der Waals surface area contributed by atoms with Gasteiger partial charge in [0.2, 0.25) is 0 Å². The Kier molecular flexibility index (Phi) is 4.12. The molecule has 96 valence electrons. The zero-order valence-electron chi connectivity index (χ0n) is 9.74. The van der Waals surface area contributed by atoms with Crippen molar-refractivity contribution in [2.24, 2.45) is 7.05 Å². The number of hydrogen-bond acceptors (Lipinski definition) is 3. The summed E-state index contributed by atoms with van der Waals surface area (Å²) in [4.78, 5) is 12.2. The van der Waals surface area contributed by atoms with Crippen molar-refractivity contribution in [1.29, 1.82) is 0 Å². The Hall–Kier alpha value is -0.410. The molecule has 2 rings (SSSR count). The molecule has 2 heterocycles. The molecule has 0 aliphatic carbocycles. The van der Waals surface area contributed by atoms with Crippen molar-refractivity contribution in [1.82, 2.24) is 8.54 Å². The number of halogens is 2. The van der Waals surface area contributed by atoms with Gasteiger partial charge in [-0.05, 0) is 22.0 Å². The molecule has 0 aliphatic rings. The van der Waals surface area contributed by atoms with Gasteiger partial charge in [0.25, 0.3) is 5.56 Å². The third-order valence-electron chi connectivity index (χ3n) is 2.65. The molecule has 0 aliphatic heterocycles. The maximum atomic E-state index is 12.2. The Bertz CT molecular complexity index is 692. The van der Waals surface area contributed by atoms with Gasteiger partial charge in [-0.1, -0.05) is 6.58 Å². The summed E-state index contributed by atoms with van der Waals surface area (Å²) in [6, 6.07) is 1.90. The number of nitrogens with zero attached hydrogens (tertiary/aromatic N) is 2. The van der Waals surface area contributed by atoms with Crippen molar-refractivity contribution in [3.05, 3.63) is 39.4 Å². The van der Waals surface area contributed by atoms with Crippen molar-refractivity contribution in [3.8, 4) is 0 Å². The first-order valence-electron chi connectivity index (χ1n) is 4.94. The highest BCUT2D eigenvalue weighted by atomic mass is 127. The second-order valence-electron chi connectivity index (χ2n) is 3.68. The molecular weight excluding hydrogens is 431 g/mol. The van der Waals surface area contributed by atoms with Gasteiger partial charge in [-0.25, -0.2) is 0 Å². The van der Waals surface area contributed by atoms with Crippen LogP contribution >= 0.6 is 46.3 Å². The lowest BCUT2D eigenvalue weighted by Crippen LogP contribution is -2.17. The number of hydrogen-bond donors (Lipinski definition) is 0. The van der Waals surface area contributed by atoms with E-state index < -0.39 is 0 Å². The fraction of sp³-hybridized carbons (Fsp3) is 0.182. The first-order valence-corrected chi connectivity index (χ1v) is 9.05. The van der Waals surface area contributed by atoms with Crippen molar-refractivity contribution in [2.75, 3.05) is 7.11 Å². The van der Waals surface area contributed by atoms with E-state index >= 15 is 0 Å². The Morgan fingerprint density at radius 3 is 2.83 bits per heavy atom. The van der Waals surface area contributed by atoms with Gasteiger partial charge in [-0.3, -0.25) is 8.77 Å². The number of aryl methyl sites for hydroxylation is 1. The second-order valence-corrected chi connectivity index (χ2v) is 6.21. The van der Waals surface area contributed by atoms with E-state index in [0.717, 1.165) is 15.6 Å². The Morgan fingerprint density at radius 1 is 1.61 bits per heavy atom. The molecule has 0 saturated heterocycles. The number of rotatable bonds is 3. The molecule has 18 heavy (non-hydrogen) atoms. The molecule has 0 bridgehead atoms. The summed E-state index contributed by atoms with van der Waals surface area (Å²) in [5, 5.41) is 0.857. The van der Waals surface area contributed by atoms with Crippen LogP contribution in [0.2, 0.25) is 0 Å². The molecule has 0 aromatic carbocycles. The lowest BCUT2D eigenvalue weighted by molar-refractivity contribution is 0.369. The van der Waals surface area contributed by atoms with E-state index in [2.05, 4.69) is 43.7 Å². The van der Waals surface area contributed by atoms with Crippen LogP contribution in [0.1, 0.15) is 5.69 Å². The summed E-state index contributed by atoms with van der Waals surface area (Å²) < 4.78 is 9.41. The highest BCUT2D eigenvalue weighted by Gasteiger charge is 2.17. The van der Waals surface area contributed by atoms with Crippen LogP contribution in [-0.2, 0) is 11.8 Å². The van der Waals surface area contributed by atoms with E-state index in [4.69, 9.17) is 4.74 Å². The van der Waals surface area contributed by atoms with Gasteiger partial charge in [0.05, 0.1) is 12.8 Å². The first kappa shape index (κ1) is 14.0. The zero-order chi connectivity index (χ0) is 13.4. The highest BCUT2D eigenvalue weighted by molar-refractivity contribution is 14.2. The third-order valence-corrected chi connectivity index (χ3v) is 4.98. The van der Waals surface area contributed by atoms with Crippen molar-refractivity contribution in [2.45, 2.75) is 0 Å².